The van der Waals surface area contributed by atoms with Crippen molar-refractivity contribution in [3.05, 3.63) is 0 Å². The summed E-state index contributed by atoms with van der Waals surface area (Å²) in [5.74, 6) is 1.35. The van der Waals surface area contributed by atoms with E-state index >= 15 is 0 Å². The van der Waals surface area contributed by atoms with Gasteiger partial charge < -0.3 is 11.1 Å². The smallest absolute Gasteiger partial charge is 0.237 e. The summed E-state index contributed by atoms with van der Waals surface area (Å²) in [6.45, 7) is 6.32. The van der Waals surface area contributed by atoms with Crippen molar-refractivity contribution in [1.82, 2.24) is 5.32 Å². The highest BCUT2D eigenvalue weighted by Crippen LogP contribution is 2.33. The van der Waals surface area contributed by atoms with Crippen molar-refractivity contribution in [2.24, 2.45) is 17.6 Å². The largest absolute Gasteiger partial charge is 0.352 e. The van der Waals surface area contributed by atoms with E-state index in [4.69, 9.17) is 5.73 Å². The Kier molecular flexibility index (Phi) is 3.31. The molecule has 0 spiro atoms. The van der Waals surface area contributed by atoms with Gasteiger partial charge in [0.15, 0.2) is 0 Å². The molecule has 0 aromatic rings. The summed E-state index contributed by atoms with van der Waals surface area (Å²) in [4.78, 5) is 11.4. The topological polar surface area (TPSA) is 55.1 Å². The zero-order valence-electron chi connectivity index (χ0n) is 8.71. The van der Waals surface area contributed by atoms with Gasteiger partial charge in [-0.15, -0.1) is 0 Å². The fraction of sp³-hybridized carbons (Fsp3) is 0.900. The van der Waals surface area contributed by atoms with Gasteiger partial charge in [-0.2, -0.15) is 0 Å². The first-order valence-electron chi connectivity index (χ1n) is 5.12. The van der Waals surface area contributed by atoms with E-state index in [1.807, 2.05) is 6.92 Å². The molecule has 1 aliphatic rings. The molecular formula is C10H20N2O. The summed E-state index contributed by atoms with van der Waals surface area (Å²) in [7, 11) is 0. The highest BCUT2D eigenvalue weighted by molar-refractivity contribution is 5.81. The molecule has 76 valence electrons. The van der Waals surface area contributed by atoms with Gasteiger partial charge in [0, 0.05) is 6.04 Å². The zero-order chi connectivity index (χ0) is 10.0. The van der Waals surface area contributed by atoms with Crippen LogP contribution in [0.25, 0.3) is 0 Å². The van der Waals surface area contributed by atoms with Crippen LogP contribution in [0.2, 0.25) is 0 Å². The molecule has 1 rings (SSSR count). The summed E-state index contributed by atoms with van der Waals surface area (Å²) in [5, 5.41) is 2.98. The van der Waals surface area contributed by atoms with Crippen LogP contribution in [0.1, 0.15) is 33.6 Å². The van der Waals surface area contributed by atoms with Gasteiger partial charge in [0.25, 0.3) is 0 Å². The number of carbonyl (C=O) groups is 1. The molecule has 0 heterocycles. The highest BCUT2D eigenvalue weighted by atomic mass is 16.2. The van der Waals surface area contributed by atoms with E-state index in [1.165, 1.54) is 0 Å². The number of hydrogen-bond donors (Lipinski definition) is 2. The van der Waals surface area contributed by atoms with Crippen molar-refractivity contribution in [2.75, 3.05) is 0 Å². The number of rotatable bonds is 3. The molecule has 0 aromatic heterocycles. The van der Waals surface area contributed by atoms with Crippen molar-refractivity contribution in [1.29, 1.82) is 0 Å². The SMILES string of the molecule is CC[C@@H](N)C(=O)NC1CC(C)C1C. The lowest BCUT2D eigenvalue weighted by Gasteiger charge is -2.41. The lowest BCUT2D eigenvalue weighted by atomic mass is 9.71. The summed E-state index contributed by atoms with van der Waals surface area (Å²) in [5.41, 5.74) is 5.61. The van der Waals surface area contributed by atoms with Crippen LogP contribution >= 0.6 is 0 Å². The lowest BCUT2D eigenvalue weighted by molar-refractivity contribution is -0.124. The minimum absolute atomic E-state index is 0.00579. The molecule has 3 nitrogen and oxygen atoms in total. The van der Waals surface area contributed by atoms with Crippen molar-refractivity contribution >= 4 is 5.91 Å². The second kappa shape index (κ2) is 4.09. The molecule has 1 amide bonds. The van der Waals surface area contributed by atoms with Crippen molar-refractivity contribution < 1.29 is 4.79 Å². The maximum atomic E-state index is 11.4. The Morgan fingerprint density at radius 1 is 1.62 bits per heavy atom. The van der Waals surface area contributed by atoms with Gasteiger partial charge in [0.2, 0.25) is 5.91 Å². The quantitative estimate of drug-likeness (QED) is 0.684. The second-order valence-corrected chi connectivity index (χ2v) is 4.20. The third-order valence-electron chi connectivity index (χ3n) is 3.26. The first kappa shape index (κ1) is 10.5. The van der Waals surface area contributed by atoms with Crippen molar-refractivity contribution in [2.45, 2.75) is 45.7 Å². The molecule has 13 heavy (non-hydrogen) atoms. The molecule has 1 aliphatic carbocycles. The summed E-state index contributed by atoms with van der Waals surface area (Å²) < 4.78 is 0. The summed E-state index contributed by atoms with van der Waals surface area (Å²) >= 11 is 0. The van der Waals surface area contributed by atoms with E-state index in [9.17, 15) is 4.79 Å². The molecule has 0 radical (unpaired) electrons. The number of carbonyl (C=O) groups excluding carboxylic acids is 1. The van der Waals surface area contributed by atoms with E-state index in [0.29, 0.717) is 18.4 Å². The van der Waals surface area contributed by atoms with Gasteiger partial charge in [-0.3, -0.25) is 4.79 Å². The van der Waals surface area contributed by atoms with E-state index in [2.05, 4.69) is 19.2 Å². The van der Waals surface area contributed by atoms with Gasteiger partial charge in [0.05, 0.1) is 6.04 Å². The van der Waals surface area contributed by atoms with Crippen LogP contribution in [0, 0.1) is 11.8 Å². The second-order valence-electron chi connectivity index (χ2n) is 4.20. The molecule has 4 atom stereocenters. The molecule has 3 heteroatoms. The Morgan fingerprint density at radius 3 is 2.62 bits per heavy atom. The predicted molar refractivity (Wildman–Crippen MR) is 53.1 cm³/mol. The molecule has 3 unspecified atom stereocenters. The first-order valence-corrected chi connectivity index (χ1v) is 5.12. The first-order chi connectivity index (χ1) is 6.06. The van der Waals surface area contributed by atoms with E-state index in [1.54, 1.807) is 0 Å². The summed E-state index contributed by atoms with van der Waals surface area (Å²) in [6.07, 6.45) is 1.81. The standard InChI is InChI=1S/C10H20N2O/c1-4-8(11)10(13)12-9-5-6(2)7(9)3/h6-9H,4-5,11H2,1-3H3,(H,12,13)/t6?,7?,8-,9?/m1/s1. The van der Waals surface area contributed by atoms with Gasteiger partial charge in [-0.25, -0.2) is 0 Å². The molecule has 1 fully saturated rings. The maximum absolute atomic E-state index is 11.4. The molecule has 0 aromatic carbocycles. The summed E-state index contributed by atoms with van der Waals surface area (Å²) in [6, 6.07) is 0.0307. The minimum Gasteiger partial charge on any atom is -0.352 e. The average Bonchev–Trinajstić information content (AvgIpc) is 2.15. The normalized spacial score (nSPS) is 34.9. The number of nitrogens with two attached hydrogens (primary N) is 1. The van der Waals surface area contributed by atoms with Gasteiger partial charge >= 0.3 is 0 Å². The molecular weight excluding hydrogens is 164 g/mol. The van der Waals surface area contributed by atoms with Crippen LogP contribution in [0.15, 0.2) is 0 Å². The van der Waals surface area contributed by atoms with E-state index in [0.717, 1.165) is 12.3 Å². The van der Waals surface area contributed by atoms with Crippen LogP contribution < -0.4 is 11.1 Å². The van der Waals surface area contributed by atoms with Crippen LogP contribution in [0.4, 0.5) is 0 Å². The van der Waals surface area contributed by atoms with Crippen LogP contribution in [-0.2, 0) is 4.79 Å². The number of amides is 1. The highest BCUT2D eigenvalue weighted by Gasteiger charge is 2.35. The molecule has 1 saturated carbocycles. The van der Waals surface area contributed by atoms with Crippen molar-refractivity contribution in [3.63, 3.8) is 0 Å². The third kappa shape index (κ3) is 2.21. The monoisotopic (exact) mass is 184 g/mol. The van der Waals surface area contributed by atoms with Crippen LogP contribution in [-0.4, -0.2) is 18.0 Å². The minimum atomic E-state index is -0.330. The Morgan fingerprint density at radius 2 is 2.23 bits per heavy atom. The fourth-order valence-electron chi connectivity index (χ4n) is 1.70. The molecule has 3 N–H and O–H groups in total. The Hall–Kier alpha value is -0.570. The fourth-order valence-corrected chi connectivity index (χ4v) is 1.70. The number of hydrogen-bond acceptors (Lipinski definition) is 2. The van der Waals surface area contributed by atoms with Gasteiger partial charge in [0.1, 0.15) is 0 Å². The Balaban J connectivity index is 2.30. The molecule has 0 aliphatic heterocycles. The predicted octanol–water partition coefficient (Wildman–Crippen LogP) is 0.884. The van der Waals surface area contributed by atoms with Gasteiger partial charge in [-0.1, -0.05) is 20.8 Å². The average molecular weight is 184 g/mol. The van der Waals surface area contributed by atoms with E-state index < -0.39 is 0 Å². The van der Waals surface area contributed by atoms with Gasteiger partial charge in [-0.05, 0) is 24.7 Å². The third-order valence-corrected chi connectivity index (χ3v) is 3.26. The molecule has 0 bridgehead atoms. The van der Waals surface area contributed by atoms with Crippen LogP contribution in [0.5, 0.6) is 0 Å². The maximum Gasteiger partial charge on any atom is 0.237 e. The van der Waals surface area contributed by atoms with Crippen LogP contribution in [0.3, 0.4) is 0 Å². The Labute approximate surface area is 80.1 Å². The Bertz CT molecular complexity index is 193. The zero-order valence-corrected chi connectivity index (χ0v) is 8.71. The van der Waals surface area contributed by atoms with Crippen molar-refractivity contribution in [3.8, 4) is 0 Å². The van der Waals surface area contributed by atoms with E-state index in [-0.39, 0.29) is 11.9 Å². The lowest BCUT2D eigenvalue weighted by Crippen LogP contribution is -2.54. The number of nitrogens with one attached hydrogen (secondary N) is 1. The molecule has 0 saturated heterocycles.